The Balaban J connectivity index is 0.998. The second-order valence-electron chi connectivity index (χ2n) is 15.3. The average molecular weight is 615 g/mol. The summed E-state index contributed by atoms with van der Waals surface area (Å²) in [6.07, 6.45) is 13.9. The second kappa shape index (κ2) is 12.3. The first kappa shape index (κ1) is 32.0. The van der Waals surface area contributed by atoms with E-state index in [0.717, 1.165) is 90.1 Å². The summed E-state index contributed by atoms with van der Waals surface area (Å²) in [6.45, 7) is 8.00. The van der Waals surface area contributed by atoms with E-state index >= 15 is 0 Å². The van der Waals surface area contributed by atoms with Crippen LogP contribution in [0.3, 0.4) is 0 Å². The van der Waals surface area contributed by atoms with Crippen molar-refractivity contribution in [3.63, 3.8) is 0 Å². The van der Waals surface area contributed by atoms with Crippen LogP contribution in [0.4, 0.5) is 0 Å². The molecule has 246 valence electrons. The molecular formula is C35H54N2O7. The molecule has 5 aliphatic carbocycles. The van der Waals surface area contributed by atoms with Gasteiger partial charge in [0.05, 0.1) is 43.0 Å². The molecule has 2 bridgehead atoms. The maximum absolute atomic E-state index is 14.0. The molecule has 1 spiro atoms. The van der Waals surface area contributed by atoms with Gasteiger partial charge in [0.15, 0.2) is 0 Å². The third kappa shape index (κ3) is 5.97. The summed E-state index contributed by atoms with van der Waals surface area (Å²) in [7, 11) is 1.75. The maximum atomic E-state index is 14.0. The van der Waals surface area contributed by atoms with E-state index in [9.17, 15) is 14.4 Å². The topological polar surface area (TPSA) is 119 Å². The summed E-state index contributed by atoms with van der Waals surface area (Å²) in [4.78, 5) is 39.4. The molecule has 2 amide bonds. The maximum Gasteiger partial charge on any atom is 0.308 e. The van der Waals surface area contributed by atoms with Gasteiger partial charge in [-0.15, -0.1) is 0 Å². The van der Waals surface area contributed by atoms with Gasteiger partial charge in [-0.1, -0.05) is 24.5 Å². The van der Waals surface area contributed by atoms with Crippen molar-refractivity contribution in [3.8, 4) is 0 Å². The molecule has 2 saturated heterocycles. The van der Waals surface area contributed by atoms with Crippen LogP contribution in [0, 0.1) is 22.7 Å². The first-order valence-electron chi connectivity index (χ1n) is 17.3. The second-order valence-corrected chi connectivity index (χ2v) is 15.3. The normalized spacial score (nSPS) is 40.8. The molecule has 7 fully saturated rings. The standard InChI is InChI=1S/C35H54N2O7/c1-23(2)10-11-26-32(3,44-26)28-27(41-4)25(12-13-35(28)22-43-35)37-31(40)34-17-14-33(15-18-34,16-19-34)30(39)36-20-7-21-42-29(38)24-8-5-6-9-24/h10,24-28H,5-9,11-22H2,1-4H3,(H,36,39)(H,37,40)/t25-,26-,27-,28-,32-,33?,34?,35+/m1/s1. The van der Waals surface area contributed by atoms with E-state index in [1.165, 1.54) is 5.57 Å². The smallest absolute Gasteiger partial charge is 0.308 e. The molecule has 7 aliphatic rings. The molecule has 0 aromatic carbocycles. The lowest BCUT2D eigenvalue weighted by atomic mass is 9.53. The van der Waals surface area contributed by atoms with Crippen molar-refractivity contribution < 1.29 is 33.3 Å². The average Bonchev–Trinajstić information content (AvgIpc) is 3.86. The molecular weight excluding hydrogens is 560 g/mol. The lowest BCUT2D eigenvalue weighted by molar-refractivity contribution is -0.153. The SMILES string of the molecule is CO[C@@H]1[C@H](NC(=O)C23CCC(C(=O)NCCCOC(=O)C4CCCC4)(CC2)CC3)CC[C@]2(CO2)[C@H]1[C@]1(C)O[C@@H]1CC=C(C)C. The quantitative estimate of drug-likeness (QED) is 0.141. The van der Waals surface area contributed by atoms with Crippen molar-refractivity contribution >= 4 is 17.8 Å². The molecule has 7 rings (SSSR count). The Morgan fingerprint density at radius 2 is 1.57 bits per heavy atom. The minimum absolute atomic E-state index is 0.0624. The van der Waals surface area contributed by atoms with Crippen LogP contribution in [-0.4, -0.2) is 74.1 Å². The Morgan fingerprint density at radius 1 is 0.932 bits per heavy atom. The van der Waals surface area contributed by atoms with E-state index in [1.54, 1.807) is 7.11 Å². The van der Waals surface area contributed by atoms with Gasteiger partial charge in [-0.3, -0.25) is 14.4 Å². The highest BCUT2D eigenvalue weighted by Crippen LogP contribution is 2.60. The number of hydrogen-bond acceptors (Lipinski definition) is 7. The van der Waals surface area contributed by atoms with E-state index in [4.69, 9.17) is 18.9 Å². The van der Waals surface area contributed by atoms with Crippen LogP contribution in [0.1, 0.15) is 111 Å². The summed E-state index contributed by atoms with van der Waals surface area (Å²) in [5, 5.41) is 6.57. The fourth-order valence-electron chi connectivity index (χ4n) is 9.24. The third-order valence-corrected chi connectivity index (χ3v) is 12.4. The summed E-state index contributed by atoms with van der Waals surface area (Å²) < 4.78 is 24.1. The van der Waals surface area contributed by atoms with E-state index in [-0.39, 0.29) is 64.5 Å². The van der Waals surface area contributed by atoms with Crippen molar-refractivity contribution in [1.29, 1.82) is 0 Å². The summed E-state index contributed by atoms with van der Waals surface area (Å²) in [5.74, 6) is 0.262. The predicted octanol–water partition coefficient (Wildman–Crippen LogP) is 4.76. The molecule has 2 aliphatic heterocycles. The fraction of sp³-hybridized carbons (Fsp3) is 0.857. The van der Waals surface area contributed by atoms with Gasteiger partial charge in [0, 0.05) is 30.4 Å². The number of carbonyl (C=O) groups is 3. The Kier molecular flexibility index (Phi) is 8.96. The molecule has 0 aromatic rings. The van der Waals surface area contributed by atoms with Crippen LogP contribution >= 0.6 is 0 Å². The number of nitrogens with one attached hydrogen (secondary N) is 2. The van der Waals surface area contributed by atoms with Gasteiger partial charge in [-0.2, -0.15) is 0 Å². The number of methoxy groups -OCH3 is 1. The molecule has 6 atom stereocenters. The summed E-state index contributed by atoms with van der Waals surface area (Å²) in [6, 6.07) is -0.0912. The van der Waals surface area contributed by atoms with Gasteiger partial charge < -0.3 is 29.6 Å². The minimum atomic E-state index is -0.415. The van der Waals surface area contributed by atoms with Crippen molar-refractivity contribution in [1.82, 2.24) is 10.6 Å². The lowest BCUT2D eigenvalue weighted by Gasteiger charge is -2.52. The van der Waals surface area contributed by atoms with E-state index in [1.807, 2.05) is 0 Å². The number of fused-ring (bicyclic) bond motifs is 3. The highest BCUT2D eigenvalue weighted by atomic mass is 16.6. The van der Waals surface area contributed by atoms with Crippen LogP contribution in [0.15, 0.2) is 11.6 Å². The van der Waals surface area contributed by atoms with Gasteiger partial charge in [0.1, 0.15) is 5.60 Å². The Morgan fingerprint density at radius 3 is 2.16 bits per heavy atom. The molecule has 0 radical (unpaired) electrons. The Labute approximate surface area is 262 Å². The monoisotopic (exact) mass is 614 g/mol. The molecule has 9 heteroatoms. The number of carbonyl (C=O) groups excluding carboxylic acids is 3. The number of amides is 2. The van der Waals surface area contributed by atoms with E-state index < -0.39 is 5.41 Å². The number of allylic oxidation sites excluding steroid dienone is 1. The van der Waals surface area contributed by atoms with Gasteiger partial charge in [-0.25, -0.2) is 0 Å². The van der Waals surface area contributed by atoms with Crippen molar-refractivity contribution in [2.75, 3.05) is 26.9 Å². The Bertz CT molecular complexity index is 1110. The van der Waals surface area contributed by atoms with Crippen molar-refractivity contribution in [3.05, 3.63) is 11.6 Å². The molecule has 0 aromatic heterocycles. The Hall–Kier alpha value is -1.97. The van der Waals surface area contributed by atoms with Crippen LogP contribution in [0.5, 0.6) is 0 Å². The highest BCUT2D eigenvalue weighted by molar-refractivity contribution is 5.87. The van der Waals surface area contributed by atoms with Crippen LogP contribution < -0.4 is 10.6 Å². The predicted molar refractivity (Wildman–Crippen MR) is 165 cm³/mol. The zero-order chi connectivity index (χ0) is 31.2. The first-order chi connectivity index (χ1) is 21.1. The third-order valence-electron chi connectivity index (χ3n) is 12.4. The number of hydrogen-bond donors (Lipinski definition) is 2. The van der Waals surface area contributed by atoms with Crippen LogP contribution in [0.25, 0.3) is 0 Å². The molecule has 2 heterocycles. The highest BCUT2D eigenvalue weighted by Gasteiger charge is 2.72. The lowest BCUT2D eigenvalue weighted by Crippen LogP contribution is -2.62. The summed E-state index contributed by atoms with van der Waals surface area (Å²) >= 11 is 0. The van der Waals surface area contributed by atoms with Crippen molar-refractivity contribution in [2.45, 2.75) is 140 Å². The number of rotatable bonds is 12. The first-order valence-corrected chi connectivity index (χ1v) is 17.3. The molecule has 2 N–H and O–H groups in total. The van der Waals surface area contributed by atoms with Gasteiger partial charge in [0.2, 0.25) is 11.8 Å². The van der Waals surface area contributed by atoms with E-state index in [2.05, 4.69) is 37.5 Å². The van der Waals surface area contributed by atoms with Crippen LogP contribution in [0.2, 0.25) is 0 Å². The minimum Gasteiger partial charge on any atom is -0.465 e. The number of epoxide rings is 2. The van der Waals surface area contributed by atoms with Crippen molar-refractivity contribution in [2.24, 2.45) is 22.7 Å². The molecule has 44 heavy (non-hydrogen) atoms. The molecule has 0 unspecified atom stereocenters. The zero-order valence-corrected chi connectivity index (χ0v) is 27.3. The van der Waals surface area contributed by atoms with E-state index in [0.29, 0.717) is 19.6 Å². The largest absolute Gasteiger partial charge is 0.465 e. The van der Waals surface area contributed by atoms with Gasteiger partial charge in [0.25, 0.3) is 0 Å². The number of esters is 1. The van der Waals surface area contributed by atoms with Gasteiger partial charge >= 0.3 is 5.97 Å². The summed E-state index contributed by atoms with van der Waals surface area (Å²) in [5.41, 5.74) is -0.0573. The fourth-order valence-corrected chi connectivity index (χ4v) is 9.24. The van der Waals surface area contributed by atoms with Gasteiger partial charge in [-0.05, 0) is 97.8 Å². The number of ether oxygens (including phenoxy) is 4. The molecule has 9 nitrogen and oxygen atoms in total. The van der Waals surface area contributed by atoms with Crippen LogP contribution in [-0.2, 0) is 33.3 Å². The zero-order valence-electron chi connectivity index (χ0n) is 27.3. The molecule has 5 saturated carbocycles.